The van der Waals surface area contributed by atoms with Gasteiger partial charge >= 0.3 is 0 Å². The molecule has 0 aliphatic heterocycles. The van der Waals surface area contributed by atoms with Gasteiger partial charge in [0.05, 0.1) is 12.7 Å². The van der Waals surface area contributed by atoms with Crippen molar-refractivity contribution in [2.45, 2.75) is 26.3 Å². The lowest BCUT2D eigenvalue weighted by molar-refractivity contribution is -0.121. The number of aryl methyl sites for hydroxylation is 2. The molecule has 0 saturated heterocycles. The molecule has 0 aliphatic rings. The number of nitrogens with zero attached hydrogens (tertiary/aromatic N) is 2. The van der Waals surface area contributed by atoms with Crippen molar-refractivity contribution >= 4 is 16.8 Å². The molecule has 2 aromatic carbocycles. The molecule has 0 unspecified atom stereocenters. The van der Waals surface area contributed by atoms with Crippen molar-refractivity contribution in [3.63, 3.8) is 0 Å². The molecule has 0 atom stereocenters. The van der Waals surface area contributed by atoms with Crippen molar-refractivity contribution in [2.75, 3.05) is 7.11 Å². The van der Waals surface area contributed by atoms with Crippen LogP contribution >= 0.6 is 0 Å². The van der Waals surface area contributed by atoms with Crippen LogP contribution < -0.4 is 15.6 Å². The molecule has 158 valence electrons. The molecule has 2 heterocycles. The van der Waals surface area contributed by atoms with Crippen LogP contribution in [0.4, 0.5) is 0 Å². The zero-order chi connectivity index (χ0) is 21.8. The lowest BCUT2D eigenvalue weighted by Gasteiger charge is -2.09. The number of hydrogen-bond acceptors (Lipinski definition) is 6. The molecule has 0 aliphatic carbocycles. The number of benzene rings is 2. The smallest absolute Gasteiger partial charge is 0.259 e. The predicted molar refractivity (Wildman–Crippen MR) is 116 cm³/mol. The van der Waals surface area contributed by atoms with Gasteiger partial charge in [-0.2, -0.15) is 4.98 Å². The lowest BCUT2D eigenvalue weighted by atomic mass is 10.1. The number of carbonyl (C=O) groups is 1. The topological polar surface area (TPSA) is 110 Å². The Morgan fingerprint density at radius 3 is 2.87 bits per heavy atom. The number of fused-ring (bicyclic) bond motifs is 1. The van der Waals surface area contributed by atoms with E-state index in [1.165, 1.54) is 0 Å². The fraction of sp³-hybridized carbons (Fsp3) is 0.217. The van der Waals surface area contributed by atoms with E-state index in [-0.39, 0.29) is 30.1 Å². The third-order valence-corrected chi connectivity index (χ3v) is 4.94. The first-order valence-corrected chi connectivity index (χ1v) is 9.89. The highest BCUT2D eigenvalue weighted by atomic mass is 16.5. The number of H-pyrrole nitrogens is 1. The van der Waals surface area contributed by atoms with E-state index >= 15 is 0 Å². The fourth-order valence-electron chi connectivity index (χ4n) is 3.31. The molecule has 31 heavy (non-hydrogen) atoms. The maximum absolute atomic E-state index is 12.4. The average Bonchev–Trinajstić information content (AvgIpc) is 3.25. The van der Waals surface area contributed by atoms with Crippen LogP contribution in [0.3, 0.4) is 0 Å². The van der Waals surface area contributed by atoms with E-state index in [0.717, 1.165) is 27.8 Å². The van der Waals surface area contributed by atoms with E-state index in [1.54, 1.807) is 13.2 Å². The van der Waals surface area contributed by atoms with E-state index in [1.807, 2.05) is 49.4 Å². The first-order chi connectivity index (χ1) is 15.0. The minimum atomic E-state index is -0.293. The quantitative estimate of drug-likeness (QED) is 0.477. The first-order valence-electron chi connectivity index (χ1n) is 9.89. The molecular formula is C23H22N4O4. The molecular weight excluding hydrogens is 396 g/mol. The van der Waals surface area contributed by atoms with E-state index in [2.05, 4.69) is 20.4 Å². The van der Waals surface area contributed by atoms with Gasteiger partial charge in [-0.25, -0.2) is 0 Å². The van der Waals surface area contributed by atoms with Crippen molar-refractivity contribution < 1.29 is 14.1 Å². The molecule has 2 N–H and O–H groups in total. The van der Waals surface area contributed by atoms with Crippen LogP contribution in [0.25, 0.3) is 22.3 Å². The number of aromatic amines is 1. The molecule has 0 saturated carbocycles. The number of para-hydroxylation sites is 1. The van der Waals surface area contributed by atoms with Gasteiger partial charge in [-0.3, -0.25) is 9.59 Å². The number of carbonyl (C=O) groups excluding carboxylic acids is 1. The largest absolute Gasteiger partial charge is 0.496 e. The molecule has 8 heteroatoms. The van der Waals surface area contributed by atoms with Crippen LogP contribution in [0.2, 0.25) is 0 Å². The maximum atomic E-state index is 12.4. The summed E-state index contributed by atoms with van der Waals surface area (Å²) in [5, 5.41) is 7.66. The number of pyridine rings is 1. The maximum Gasteiger partial charge on any atom is 0.259 e. The second-order valence-corrected chi connectivity index (χ2v) is 7.20. The van der Waals surface area contributed by atoms with Gasteiger partial charge < -0.3 is 19.6 Å². The summed E-state index contributed by atoms with van der Waals surface area (Å²) in [5.74, 6) is 1.07. The van der Waals surface area contributed by atoms with Crippen molar-refractivity contribution in [1.29, 1.82) is 0 Å². The molecule has 2 aromatic heterocycles. The van der Waals surface area contributed by atoms with Gasteiger partial charge in [0.25, 0.3) is 5.56 Å². The number of amides is 1. The Kier molecular flexibility index (Phi) is 5.79. The normalized spacial score (nSPS) is 10.9. The van der Waals surface area contributed by atoms with E-state index in [9.17, 15) is 9.59 Å². The Labute approximate surface area is 178 Å². The molecule has 0 fully saturated rings. The zero-order valence-corrected chi connectivity index (χ0v) is 17.3. The summed E-state index contributed by atoms with van der Waals surface area (Å²) >= 11 is 0. The molecule has 0 radical (unpaired) electrons. The Morgan fingerprint density at radius 2 is 2.03 bits per heavy atom. The number of hydrogen-bond donors (Lipinski definition) is 2. The van der Waals surface area contributed by atoms with Crippen LogP contribution in [0.15, 0.2) is 57.8 Å². The zero-order valence-electron chi connectivity index (χ0n) is 17.3. The van der Waals surface area contributed by atoms with Gasteiger partial charge in [-0.1, -0.05) is 35.0 Å². The summed E-state index contributed by atoms with van der Waals surface area (Å²) in [5.41, 5.74) is 2.75. The van der Waals surface area contributed by atoms with E-state index in [0.29, 0.717) is 18.0 Å². The van der Waals surface area contributed by atoms with Crippen molar-refractivity contribution in [1.82, 2.24) is 20.4 Å². The molecule has 4 aromatic rings. The number of rotatable bonds is 7. The van der Waals surface area contributed by atoms with E-state index in [4.69, 9.17) is 9.26 Å². The Hall–Kier alpha value is -3.94. The lowest BCUT2D eigenvalue weighted by Crippen LogP contribution is -2.23. The second kappa shape index (κ2) is 8.83. The van der Waals surface area contributed by atoms with Crippen LogP contribution in [0, 0.1) is 6.92 Å². The van der Waals surface area contributed by atoms with Gasteiger partial charge in [0.15, 0.2) is 0 Å². The molecule has 0 bridgehead atoms. The summed E-state index contributed by atoms with van der Waals surface area (Å²) in [6.45, 7) is 2.35. The standard InChI is InChI=1S/C23H22N4O4/c1-14-7-8-18-16(11-14)12-17(23(29)25-18)22-26-21(31-27-22)10-9-20(28)24-13-15-5-3-4-6-19(15)30-2/h3-8,11-12H,9-10,13H2,1-2H3,(H,24,28)(H,25,29). The van der Waals surface area contributed by atoms with Gasteiger partial charge in [0, 0.05) is 30.5 Å². The molecule has 1 amide bonds. The number of ether oxygens (including phenoxy) is 1. The third-order valence-electron chi connectivity index (χ3n) is 4.94. The highest BCUT2D eigenvalue weighted by Crippen LogP contribution is 2.19. The monoisotopic (exact) mass is 418 g/mol. The highest BCUT2D eigenvalue weighted by molar-refractivity contribution is 5.83. The second-order valence-electron chi connectivity index (χ2n) is 7.20. The average molecular weight is 418 g/mol. The third kappa shape index (κ3) is 4.63. The number of nitrogens with one attached hydrogen (secondary N) is 2. The van der Waals surface area contributed by atoms with Crippen molar-refractivity contribution in [3.8, 4) is 17.1 Å². The van der Waals surface area contributed by atoms with Crippen molar-refractivity contribution in [3.05, 3.63) is 75.9 Å². The Morgan fingerprint density at radius 1 is 1.19 bits per heavy atom. The van der Waals surface area contributed by atoms with E-state index < -0.39 is 0 Å². The minimum Gasteiger partial charge on any atom is -0.496 e. The SMILES string of the molecule is COc1ccccc1CNC(=O)CCc1nc(-c2cc3cc(C)ccc3[nH]c2=O)no1. The summed E-state index contributed by atoms with van der Waals surface area (Å²) in [6, 6.07) is 15.0. The predicted octanol–water partition coefficient (Wildman–Crippen LogP) is 3.14. The molecule has 8 nitrogen and oxygen atoms in total. The van der Waals surface area contributed by atoms with Crippen LogP contribution in [-0.2, 0) is 17.8 Å². The Bertz CT molecular complexity index is 1290. The summed E-state index contributed by atoms with van der Waals surface area (Å²) < 4.78 is 10.5. The highest BCUT2D eigenvalue weighted by Gasteiger charge is 2.14. The Balaban J connectivity index is 1.40. The van der Waals surface area contributed by atoms with Gasteiger partial charge in [0.1, 0.15) is 5.75 Å². The molecule has 0 spiro atoms. The molecule has 4 rings (SSSR count). The fourth-order valence-corrected chi connectivity index (χ4v) is 3.31. The number of methoxy groups -OCH3 is 1. The summed E-state index contributed by atoms with van der Waals surface area (Å²) in [6.07, 6.45) is 0.458. The van der Waals surface area contributed by atoms with Gasteiger partial charge in [0.2, 0.25) is 17.6 Å². The number of aromatic nitrogens is 3. The minimum absolute atomic E-state index is 0.148. The van der Waals surface area contributed by atoms with Crippen molar-refractivity contribution in [2.24, 2.45) is 0 Å². The van der Waals surface area contributed by atoms with Gasteiger partial charge in [-0.05, 0) is 36.6 Å². The van der Waals surface area contributed by atoms with Crippen LogP contribution in [0.1, 0.15) is 23.4 Å². The first kappa shape index (κ1) is 20.3. The summed E-state index contributed by atoms with van der Waals surface area (Å²) in [4.78, 5) is 31.7. The van der Waals surface area contributed by atoms with Crippen LogP contribution in [-0.4, -0.2) is 28.1 Å². The van der Waals surface area contributed by atoms with Gasteiger partial charge in [-0.15, -0.1) is 0 Å². The summed E-state index contributed by atoms with van der Waals surface area (Å²) in [7, 11) is 1.59. The van der Waals surface area contributed by atoms with Crippen LogP contribution in [0.5, 0.6) is 5.75 Å².